The Kier molecular flexibility index (Phi) is 2.41. The molecular formula is C16H12N2. The molecule has 0 aliphatic carbocycles. The Morgan fingerprint density at radius 3 is 2.06 bits per heavy atom. The fourth-order valence-electron chi connectivity index (χ4n) is 2.36. The van der Waals surface area contributed by atoms with Crippen molar-refractivity contribution in [3.63, 3.8) is 0 Å². The molecule has 0 saturated heterocycles. The first-order valence-corrected chi connectivity index (χ1v) is 5.77. The Hall–Kier alpha value is -2.48. The zero-order valence-electron chi connectivity index (χ0n) is 9.93. The first-order valence-electron chi connectivity index (χ1n) is 5.77. The summed E-state index contributed by atoms with van der Waals surface area (Å²) in [7, 11) is 0. The molecule has 0 aliphatic heterocycles. The van der Waals surface area contributed by atoms with Crippen molar-refractivity contribution >= 4 is 34.0 Å². The summed E-state index contributed by atoms with van der Waals surface area (Å²) in [5.74, 6) is 0. The van der Waals surface area contributed by atoms with Crippen molar-refractivity contribution in [2.24, 2.45) is 0 Å². The number of fused-ring (bicyclic) bond motifs is 3. The van der Waals surface area contributed by atoms with Gasteiger partial charge < -0.3 is 0 Å². The monoisotopic (exact) mass is 232 g/mol. The van der Waals surface area contributed by atoms with Gasteiger partial charge in [-0.25, -0.2) is 0 Å². The van der Waals surface area contributed by atoms with E-state index >= 15 is 0 Å². The molecule has 0 N–H and O–H groups in total. The van der Waals surface area contributed by atoms with Crippen LogP contribution in [0, 0.1) is 0 Å². The minimum atomic E-state index is 0.876. The quantitative estimate of drug-likeness (QED) is 0.622. The molecule has 1 heterocycles. The van der Waals surface area contributed by atoms with Gasteiger partial charge >= 0.3 is 0 Å². The largest absolute Gasteiger partial charge is 0.252 e. The van der Waals surface area contributed by atoms with Gasteiger partial charge in [0.1, 0.15) is 0 Å². The number of hydrogen-bond donors (Lipinski definition) is 0. The summed E-state index contributed by atoms with van der Waals surface area (Å²) < 4.78 is 0. The summed E-state index contributed by atoms with van der Waals surface area (Å²) in [4.78, 5) is 8.88. The second kappa shape index (κ2) is 4.08. The van der Waals surface area contributed by atoms with E-state index in [-0.39, 0.29) is 0 Å². The SMILES string of the molecule is C=Cc1c(C=C)c2nccnc2c2ccccc12. The molecule has 2 aromatic carbocycles. The smallest absolute Gasteiger partial charge is 0.0971 e. The van der Waals surface area contributed by atoms with E-state index in [0.717, 1.165) is 32.9 Å². The summed E-state index contributed by atoms with van der Waals surface area (Å²) >= 11 is 0. The van der Waals surface area contributed by atoms with Crippen LogP contribution >= 0.6 is 0 Å². The fraction of sp³-hybridized carbons (Fsp3) is 0. The topological polar surface area (TPSA) is 25.8 Å². The van der Waals surface area contributed by atoms with Crippen LogP contribution < -0.4 is 0 Å². The number of benzene rings is 2. The van der Waals surface area contributed by atoms with E-state index < -0.39 is 0 Å². The van der Waals surface area contributed by atoms with Gasteiger partial charge in [-0.3, -0.25) is 9.97 Å². The van der Waals surface area contributed by atoms with Gasteiger partial charge in [0.2, 0.25) is 0 Å². The van der Waals surface area contributed by atoms with Crippen LogP contribution in [-0.4, -0.2) is 9.97 Å². The standard InChI is InChI=1S/C16H12N2/c1-3-11-12(4-2)15-16(18-10-9-17-15)14-8-6-5-7-13(11)14/h3-10H,1-2H2. The maximum atomic E-state index is 4.45. The van der Waals surface area contributed by atoms with E-state index in [0.29, 0.717) is 0 Å². The second-order valence-electron chi connectivity index (χ2n) is 4.03. The Balaban J connectivity index is 2.70. The Labute approximate surface area is 105 Å². The first-order chi connectivity index (χ1) is 8.86. The van der Waals surface area contributed by atoms with E-state index in [1.807, 2.05) is 24.3 Å². The molecule has 18 heavy (non-hydrogen) atoms. The zero-order valence-corrected chi connectivity index (χ0v) is 9.93. The highest BCUT2D eigenvalue weighted by atomic mass is 14.8. The fourth-order valence-corrected chi connectivity index (χ4v) is 2.36. The van der Waals surface area contributed by atoms with Gasteiger partial charge in [-0.15, -0.1) is 0 Å². The number of rotatable bonds is 2. The average molecular weight is 232 g/mol. The zero-order chi connectivity index (χ0) is 12.5. The van der Waals surface area contributed by atoms with Crippen LogP contribution in [0.3, 0.4) is 0 Å². The third kappa shape index (κ3) is 1.36. The van der Waals surface area contributed by atoms with Crippen LogP contribution in [0.5, 0.6) is 0 Å². The molecule has 0 bridgehead atoms. The molecule has 86 valence electrons. The van der Waals surface area contributed by atoms with Gasteiger partial charge in [0.05, 0.1) is 11.0 Å². The normalized spacial score (nSPS) is 10.7. The molecule has 2 nitrogen and oxygen atoms in total. The van der Waals surface area contributed by atoms with Crippen molar-refractivity contribution in [2.45, 2.75) is 0 Å². The molecule has 0 fully saturated rings. The van der Waals surface area contributed by atoms with Gasteiger partial charge in [-0.1, -0.05) is 49.6 Å². The van der Waals surface area contributed by atoms with Crippen LogP contribution in [0.25, 0.3) is 34.0 Å². The maximum Gasteiger partial charge on any atom is 0.0971 e. The lowest BCUT2D eigenvalue weighted by Crippen LogP contribution is -1.92. The van der Waals surface area contributed by atoms with Crippen molar-refractivity contribution in [2.75, 3.05) is 0 Å². The van der Waals surface area contributed by atoms with Gasteiger partial charge in [0.15, 0.2) is 0 Å². The van der Waals surface area contributed by atoms with Crippen LogP contribution in [0.4, 0.5) is 0 Å². The average Bonchev–Trinajstić information content (AvgIpc) is 2.45. The lowest BCUT2D eigenvalue weighted by atomic mass is 9.96. The molecule has 0 aliphatic rings. The number of aromatic nitrogens is 2. The van der Waals surface area contributed by atoms with E-state index in [4.69, 9.17) is 0 Å². The summed E-state index contributed by atoms with van der Waals surface area (Å²) in [6.45, 7) is 7.78. The van der Waals surface area contributed by atoms with Gasteiger partial charge in [0, 0.05) is 23.3 Å². The summed E-state index contributed by atoms with van der Waals surface area (Å²) in [5, 5.41) is 2.23. The molecule has 3 aromatic rings. The Morgan fingerprint density at radius 1 is 0.778 bits per heavy atom. The highest BCUT2D eigenvalue weighted by molar-refractivity contribution is 6.11. The third-order valence-corrected chi connectivity index (χ3v) is 3.12. The summed E-state index contributed by atoms with van der Waals surface area (Å²) in [6.07, 6.45) is 7.10. The molecule has 0 saturated carbocycles. The summed E-state index contributed by atoms with van der Waals surface area (Å²) in [5.41, 5.74) is 3.84. The molecule has 0 amide bonds. The number of hydrogen-bond acceptors (Lipinski definition) is 2. The van der Waals surface area contributed by atoms with Gasteiger partial charge in [-0.2, -0.15) is 0 Å². The molecule has 0 radical (unpaired) electrons. The lowest BCUT2D eigenvalue weighted by molar-refractivity contribution is 1.30. The maximum absolute atomic E-state index is 4.45. The van der Waals surface area contributed by atoms with E-state index in [9.17, 15) is 0 Å². The van der Waals surface area contributed by atoms with Crippen molar-refractivity contribution < 1.29 is 0 Å². The minimum Gasteiger partial charge on any atom is -0.252 e. The lowest BCUT2D eigenvalue weighted by Gasteiger charge is -2.10. The van der Waals surface area contributed by atoms with Crippen molar-refractivity contribution in [3.8, 4) is 0 Å². The molecular weight excluding hydrogens is 220 g/mol. The first kappa shape index (κ1) is 10.7. The van der Waals surface area contributed by atoms with Crippen LogP contribution in [0.15, 0.2) is 49.8 Å². The van der Waals surface area contributed by atoms with E-state index in [2.05, 4.69) is 35.3 Å². The van der Waals surface area contributed by atoms with Crippen molar-refractivity contribution in [1.29, 1.82) is 0 Å². The molecule has 3 rings (SSSR count). The van der Waals surface area contributed by atoms with Crippen LogP contribution in [0.2, 0.25) is 0 Å². The van der Waals surface area contributed by atoms with Crippen molar-refractivity contribution in [3.05, 3.63) is 60.9 Å². The van der Waals surface area contributed by atoms with E-state index in [1.54, 1.807) is 12.4 Å². The van der Waals surface area contributed by atoms with Gasteiger partial charge in [-0.05, 0) is 10.9 Å². The predicted molar refractivity (Wildman–Crippen MR) is 77.2 cm³/mol. The molecule has 0 atom stereocenters. The predicted octanol–water partition coefficient (Wildman–Crippen LogP) is 4.07. The van der Waals surface area contributed by atoms with Crippen LogP contribution in [0.1, 0.15) is 11.1 Å². The Morgan fingerprint density at radius 2 is 1.39 bits per heavy atom. The van der Waals surface area contributed by atoms with Crippen LogP contribution in [-0.2, 0) is 0 Å². The third-order valence-electron chi connectivity index (χ3n) is 3.12. The van der Waals surface area contributed by atoms with Crippen molar-refractivity contribution in [1.82, 2.24) is 9.97 Å². The second-order valence-corrected chi connectivity index (χ2v) is 4.03. The highest BCUT2D eigenvalue weighted by Gasteiger charge is 2.11. The van der Waals surface area contributed by atoms with Gasteiger partial charge in [0.25, 0.3) is 0 Å². The molecule has 0 spiro atoms. The Bertz CT molecular complexity index is 706. The number of nitrogens with zero attached hydrogens (tertiary/aromatic N) is 2. The van der Waals surface area contributed by atoms with E-state index in [1.165, 1.54) is 0 Å². The molecule has 1 aromatic heterocycles. The summed E-state index contributed by atoms with van der Waals surface area (Å²) in [6, 6.07) is 8.17. The minimum absolute atomic E-state index is 0.876. The highest BCUT2D eigenvalue weighted by Crippen LogP contribution is 2.31. The molecule has 2 heteroatoms. The molecule has 0 unspecified atom stereocenters.